The summed E-state index contributed by atoms with van der Waals surface area (Å²) >= 11 is 0. The maximum absolute atomic E-state index is 11.2. The van der Waals surface area contributed by atoms with Gasteiger partial charge in [0.1, 0.15) is 5.82 Å². The fraction of sp³-hybridized carbons (Fsp3) is 0.700. The molecule has 0 bridgehead atoms. The third-order valence-electron chi connectivity index (χ3n) is 5.21. The minimum atomic E-state index is -0.919. The SMILES string of the molecule is CCCCCC(C)[C@@H]1CCC[C@H](CNc2nccc(C(=O)O)c2C)O1. The van der Waals surface area contributed by atoms with Crippen molar-refractivity contribution in [2.75, 3.05) is 11.9 Å². The van der Waals surface area contributed by atoms with Crippen LogP contribution in [0.4, 0.5) is 5.82 Å². The van der Waals surface area contributed by atoms with E-state index < -0.39 is 5.97 Å². The zero-order valence-corrected chi connectivity index (χ0v) is 15.8. The van der Waals surface area contributed by atoms with Crippen LogP contribution >= 0.6 is 0 Å². The van der Waals surface area contributed by atoms with Gasteiger partial charge in [0.2, 0.25) is 0 Å². The second kappa shape index (κ2) is 9.76. The van der Waals surface area contributed by atoms with Crippen LogP contribution in [0.25, 0.3) is 0 Å². The summed E-state index contributed by atoms with van der Waals surface area (Å²) < 4.78 is 6.31. The van der Waals surface area contributed by atoms with Gasteiger partial charge < -0.3 is 15.2 Å². The predicted molar refractivity (Wildman–Crippen MR) is 100 cm³/mol. The number of hydrogen-bond donors (Lipinski definition) is 2. The molecular weight excluding hydrogens is 316 g/mol. The van der Waals surface area contributed by atoms with Crippen LogP contribution in [0.1, 0.15) is 74.7 Å². The van der Waals surface area contributed by atoms with Crippen molar-refractivity contribution in [3.05, 3.63) is 23.4 Å². The molecule has 0 radical (unpaired) electrons. The maximum atomic E-state index is 11.2. The van der Waals surface area contributed by atoms with Crippen LogP contribution in [-0.4, -0.2) is 34.8 Å². The number of nitrogens with one attached hydrogen (secondary N) is 1. The minimum absolute atomic E-state index is 0.169. The Balaban J connectivity index is 1.87. The van der Waals surface area contributed by atoms with E-state index in [1.807, 2.05) is 0 Å². The summed E-state index contributed by atoms with van der Waals surface area (Å²) in [4.78, 5) is 15.5. The van der Waals surface area contributed by atoms with E-state index in [1.54, 1.807) is 13.1 Å². The third-order valence-corrected chi connectivity index (χ3v) is 5.21. The number of aromatic carboxylic acids is 1. The van der Waals surface area contributed by atoms with Crippen molar-refractivity contribution in [1.82, 2.24) is 4.98 Å². The molecule has 25 heavy (non-hydrogen) atoms. The molecule has 1 aromatic heterocycles. The Hall–Kier alpha value is -1.62. The number of rotatable bonds is 9. The summed E-state index contributed by atoms with van der Waals surface area (Å²) in [5.41, 5.74) is 0.972. The number of pyridine rings is 1. The van der Waals surface area contributed by atoms with E-state index >= 15 is 0 Å². The summed E-state index contributed by atoms with van der Waals surface area (Å²) in [6.45, 7) is 7.01. The average molecular weight is 348 g/mol. The highest BCUT2D eigenvalue weighted by Gasteiger charge is 2.26. The largest absolute Gasteiger partial charge is 0.478 e. The first-order valence-electron chi connectivity index (χ1n) is 9.61. The van der Waals surface area contributed by atoms with Gasteiger partial charge in [-0.2, -0.15) is 0 Å². The number of unbranched alkanes of at least 4 members (excludes halogenated alkanes) is 2. The Labute approximate surface area is 151 Å². The monoisotopic (exact) mass is 348 g/mol. The molecule has 2 rings (SSSR count). The van der Waals surface area contributed by atoms with Crippen LogP contribution in [0.15, 0.2) is 12.3 Å². The predicted octanol–water partition coefficient (Wildman–Crippen LogP) is 4.65. The lowest BCUT2D eigenvalue weighted by atomic mass is 9.91. The molecular formula is C20H32N2O3. The molecule has 1 fully saturated rings. The van der Waals surface area contributed by atoms with Gasteiger partial charge in [0.15, 0.2) is 0 Å². The first kappa shape index (κ1) is 19.7. The van der Waals surface area contributed by atoms with Crippen LogP contribution in [-0.2, 0) is 4.74 Å². The van der Waals surface area contributed by atoms with Crippen molar-refractivity contribution < 1.29 is 14.6 Å². The summed E-state index contributed by atoms with van der Waals surface area (Å²) in [7, 11) is 0. The minimum Gasteiger partial charge on any atom is -0.478 e. The third kappa shape index (κ3) is 5.70. The molecule has 3 atom stereocenters. The van der Waals surface area contributed by atoms with Gasteiger partial charge in [0.25, 0.3) is 0 Å². The first-order valence-corrected chi connectivity index (χ1v) is 9.61. The van der Waals surface area contributed by atoms with Crippen molar-refractivity contribution in [2.45, 2.75) is 77.9 Å². The summed E-state index contributed by atoms with van der Waals surface area (Å²) in [6.07, 6.45) is 10.5. The van der Waals surface area contributed by atoms with Gasteiger partial charge in [-0.3, -0.25) is 0 Å². The van der Waals surface area contributed by atoms with E-state index in [1.165, 1.54) is 38.2 Å². The molecule has 0 aliphatic carbocycles. The second-order valence-corrected chi connectivity index (χ2v) is 7.22. The molecule has 2 N–H and O–H groups in total. The van der Waals surface area contributed by atoms with Crippen molar-refractivity contribution >= 4 is 11.8 Å². The number of carbonyl (C=O) groups is 1. The van der Waals surface area contributed by atoms with Gasteiger partial charge in [0.05, 0.1) is 17.8 Å². The number of anilines is 1. The Kier molecular flexibility index (Phi) is 7.69. The molecule has 0 amide bonds. The highest BCUT2D eigenvalue weighted by atomic mass is 16.5. The van der Waals surface area contributed by atoms with E-state index in [2.05, 4.69) is 24.1 Å². The molecule has 1 unspecified atom stereocenters. The van der Waals surface area contributed by atoms with Gasteiger partial charge in [-0.1, -0.05) is 33.1 Å². The topological polar surface area (TPSA) is 71.5 Å². The molecule has 1 saturated heterocycles. The smallest absolute Gasteiger partial charge is 0.336 e. The molecule has 2 heterocycles. The zero-order valence-electron chi connectivity index (χ0n) is 15.8. The van der Waals surface area contributed by atoms with Crippen molar-refractivity contribution in [3.8, 4) is 0 Å². The molecule has 1 aromatic rings. The lowest BCUT2D eigenvalue weighted by Crippen LogP contribution is -2.36. The molecule has 1 aliphatic rings. The van der Waals surface area contributed by atoms with Crippen LogP contribution in [0.5, 0.6) is 0 Å². The van der Waals surface area contributed by atoms with Crippen molar-refractivity contribution in [3.63, 3.8) is 0 Å². The van der Waals surface area contributed by atoms with E-state index in [9.17, 15) is 9.90 Å². The molecule has 0 saturated carbocycles. The number of carboxylic acid groups (broad SMARTS) is 1. The van der Waals surface area contributed by atoms with E-state index in [0.717, 1.165) is 12.8 Å². The van der Waals surface area contributed by atoms with Crippen LogP contribution in [0, 0.1) is 12.8 Å². The van der Waals surface area contributed by atoms with Crippen molar-refractivity contribution in [2.24, 2.45) is 5.92 Å². The first-order chi connectivity index (χ1) is 12.0. The fourth-order valence-corrected chi connectivity index (χ4v) is 3.56. The van der Waals surface area contributed by atoms with Gasteiger partial charge in [-0.15, -0.1) is 0 Å². The summed E-state index contributed by atoms with van der Waals surface area (Å²) in [5, 5.41) is 12.5. The standard InChI is InChI=1S/C20H32N2O3/c1-4-5-6-8-14(2)18-10-7-9-16(25-18)13-22-19-15(3)17(20(23)24)11-12-21-19/h11-12,14,16,18H,4-10,13H2,1-3H3,(H,21,22)(H,23,24)/t14?,16-,18+/m1/s1. The molecule has 0 spiro atoms. The molecule has 5 heteroatoms. The maximum Gasteiger partial charge on any atom is 0.336 e. The summed E-state index contributed by atoms with van der Waals surface area (Å²) in [6, 6.07) is 1.54. The number of aromatic nitrogens is 1. The quantitative estimate of drug-likeness (QED) is 0.635. The van der Waals surface area contributed by atoms with Crippen LogP contribution in [0.3, 0.4) is 0 Å². The van der Waals surface area contributed by atoms with E-state index in [-0.39, 0.29) is 6.10 Å². The zero-order chi connectivity index (χ0) is 18.2. The van der Waals surface area contributed by atoms with E-state index in [0.29, 0.717) is 35.5 Å². The molecule has 0 aromatic carbocycles. The summed E-state index contributed by atoms with van der Waals surface area (Å²) in [5.74, 6) is 0.323. The number of nitrogens with zero attached hydrogens (tertiary/aromatic N) is 1. The Morgan fingerprint density at radius 3 is 2.96 bits per heavy atom. The Morgan fingerprint density at radius 1 is 1.44 bits per heavy atom. The fourth-order valence-electron chi connectivity index (χ4n) is 3.56. The highest BCUT2D eigenvalue weighted by Crippen LogP contribution is 2.27. The Morgan fingerprint density at radius 2 is 2.24 bits per heavy atom. The number of hydrogen-bond acceptors (Lipinski definition) is 4. The normalized spacial score (nSPS) is 21.7. The average Bonchev–Trinajstić information content (AvgIpc) is 2.61. The highest BCUT2D eigenvalue weighted by molar-refractivity contribution is 5.90. The van der Waals surface area contributed by atoms with Gasteiger partial charge in [-0.25, -0.2) is 9.78 Å². The molecule has 5 nitrogen and oxygen atoms in total. The second-order valence-electron chi connectivity index (χ2n) is 7.22. The van der Waals surface area contributed by atoms with Crippen LogP contribution in [0.2, 0.25) is 0 Å². The van der Waals surface area contributed by atoms with Crippen LogP contribution < -0.4 is 5.32 Å². The lowest BCUT2D eigenvalue weighted by Gasteiger charge is -2.34. The van der Waals surface area contributed by atoms with Gasteiger partial charge in [-0.05, 0) is 44.6 Å². The number of ether oxygens (including phenoxy) is 1. The van der Waals surface area contributed by atoms with Gasteiger partial charge >= 0.3 is 5.97 Å². The van der Waals surface area contributed by atoms with E-state index in [4.69, 9.17) is 4.74 Å². The molecule has 1 aliphatic heterocycles. The van der Waals surface area contributed by atoms with Crippen molar-refractivity contribution in [1.29, 1.82) is 0 Å². The van der Waals surface area contributed by atoms with Gasteiger partial charge in [0, 0.05) is 18.3 Å². The molecule has 140 valence electrons. The lowest BCUT2D eigenvalue weighted by molar-refractivity contribution is -0.0693. The number of carboxylic acids is 1. The Bertz CT molecular complexity index is 562.